The third kappa shape index (κ3) is 5.18. The SMILES string of the molecule is Cc1ccc2[nH]c(-c3ccccc3)c(CN3CCC(c4cccc(NC(=O)C(C)C)c4)CC3)c2c1. The number of amides is 1. The van der Waals surface area contributed by atoms with E-state index in [1.807, 2.05) is 19.9 Å². The Bertz CT molecular complexity index is 1310. The van der Waals surface area contributed by atoms with Gasteiger partial charge in [-0.1, -0.05) is 67.9 Å². The molecule has 0 radical (unpaired) electrons. The lowest BCUT2D eigenvalue weighted by Gasteiger charge is -2.32. The molecule has 1 aromatic heterocycles. The third-order valence-corrected chi connectivity index (χ3v) is 7.24. The van der Waals surface area contributed by atoms with E-state index in [1.54, 1.807) is 0 Å². The van der Waals surface area contributed by atoms with E-state index >= 15 is 0 Å². The molecule has 0 spiro atoms. The van der Waals surface area contributed by atoms with Crippen LogP contribution in [0.1, 0.15) is 49.3 Å². The highest BCUT2D eigenvalue weighted by Gasteiger charge is 2.23. The zero-order valence-electron chi connectivity index (χ0n) is 21.0. The Balaban J connectivity index is 1.32. The number of nitrogens with zero attached hydrogens (tertiary/aromatic N) is 1. The first-order valence-corrected chi connectivity index (χ1v) is 12.8. The highest BCUT2D eigenvalue weighted by atomic mass is 16.1. The molecule has 0 saturated carbocycles. The predicted octanol–water partition coefficient (Wildman–Crippen LogP) is 7.12. The number of piperidine rings is 1. The smallest absolute Gasteiger partial charge is 0.226 e. The molecule has 5 rings (SSSR count). The Morgan fingerprint density at radius 3 is 2.51 bits per heavy atom. The standard InChI is InChI=1S/C31H35N3O/c1-21(2)31(35)32-26-11-7-10-25(19-26)23-14-16-34(17-15-23)20-28-27-18-22(3)12-13-29(27)33-30(28)24-8-5-4-6-9-24/h4-13,18-19,21,23,33H,14-17,20H2,1-3H3,(H,32,35). The van der Waals surface area contributed by atoms with Crippen LogP contribution in [0.25, 0.3) is 22.2 Å². The monoisotopic (exact) mass is 465 g/mol. The van der Waals surface area contributed by atoms with Crippen molar-refractivity contribution in [1.29, 1.82) is 0 Å². The number of benzene rings is 3. The number of anilines is 1. The van der Waals surface area contributed by atoms with Crippen LogP contribution in [0, 0.1) is 12.8 Å². The molecule has 1 amide bonds. The highest BCUT2D eigenvalue weighted by molar-refractivity contribution is 5.92. The number of hydrogen-bond donors (Lipinski definition) is 2. The van der Waals surface area contributed by atoms with Gasteiger partial charge in [-0.3, -0.25) is 9.69 Å². The second-order valence-corrected chi connectivity index (χ2v) is 10.2. The molecular formula is C31H35N3O. The summed E-state index contributed by atoms with van der Waals surface area (Å²) in [7, 11) is 0. The molecule has 1 aliphatic heterocycles. The average Bonchev–Trinajstić information content (AvgIpc) is 3.22. The minimum absolute atomic E-state index is 0.0176. The molecule has 4 aromatic rings. The first-order valence-electron chi connectivity index (χ1n) is 12.8. The van der Waals surface area contributed by atoms with Crippen molar-refractivity contribution in [3.8, 4) is 11.3 Å². The zero-order chi connectivity index (χ0) is 24.4. The van der Waals surface area contributed by atoms with E-state index in [2.05, 4.69) is 88.9 Å². The number of aromatic amines is 1. The number of hydrogen-bond acceptors (Lipinski definition) is 2. The van der Waals surface area contributed by atoms with Crippen molar-refractivity contribution in [2.45, 2.75) is 46.1 Å². The predicted molar refractivity (Wildman–Crippen MR) is 146 cm³/mol. The number of likely N-dealkylation sites (tertiary alicyclic amines) is 1. The van der Waals surface area contributed by atoms with Gasteiger partial charge in [-0.2, -0.15) is 0 Å². The van der Waals surface area contributed by atoms with Gasteiger partial charge in [0.1, 0.15) is 0 Å². The summed E-state index contributed by atoms with van der Waals surface area (Å²) in [5, 5.41) is 4.38. The fraction of sp³-hybridized carbons (Fsp3) is 0.323. The number of carbonyl (C=O) groups excluding carboxylic acids is 1. The van der Waals surface area contributed by atoms with E-state index in [-0.39, 0.29) is 11.8 Å². The van der Waals surface area contributed by atoms with Gasteiger partial charge in [0.25, 0.3) is 0 Å². The molecular weight excluding hydrogens is 430 g/mol. The highest BCUT2D eigenvalue weighted by Crippen LogP contribution is 2.35. The van der Waals surface area contributed by atoms with Crippen molar-refractivity contribution in [3.05, 3.63) is 89.5 Å². The number of H-pyrrole nitrogens is 1. The molecule has 0 unspecified atom stereocenters. The largest absolute Gasteiger partial charge is 0.354 e. The molecule has 1 saturated heterocycles. The minimum atomic E-state index is -0.0176. The molecule has 180 valence electrons. The lowest BCUT2D eigenvalue weighted by molar-refractivity contribution is -0.118. The zero-order valence-corrected chi connectivity index (χ0v) is 21.0. The summed E-state index contributed by atoms with van der Waals surface area (Å²) in [6.45, 7) is 9.10. The van der Waals surface area contributed by atoms with Crippen LogP contribution in [0.4, 0.5) is 5.69 Å². The van der Waals surface area contributed by atoms with Crippen molar-refractivity contribution < 1.29 is 4.79 Å². The molecule has 2 N–H and O–H groups in total. The quantitative estimate of drug-likeness (QED) is 0.318. The van der Waals surface area contributed by atoms with Gasteiger partial charge >= 0.3 is 0 Å². The van der Waals surface area contributed by atoms with Crippen LogP contribution in [0.2, 0.25) is 0 Å². The van der Waals surface area contributed by atoms with Gasteiger partial charge in [0.15, 0.2) is 0 Å². The number of rotatable bonds is 6. The van der Waals surface area contributed by atoms with Gasteiger partial charge < -0.3 is 10.3 Å². The fourth-order valence-corrected chi connectivity index (χ4v) is 5.18. The first kappa shape index (κ1) is 23.4. The topological polar surface area (TPSA) is 48.1 Å². The van der Waals surface area contributed by atoms with Crippen LogP contribution < -0.4 is 5.32 Å². The van der Waals surface area contributed by atoms with Crippen molar-refractivity contribution in [2.24, 2.45) is 5.92 Å². The van der Waals surface area contributed by atoms with E-state index in [0.717, 1.165) is 38.2 Å². The van der Waals surface area contributed by atoms with Crippen LogP contribution in [0.15, 0.2) is 72.8 Å². The second-order valence-electron chi connectivity index (χ2n) is 10.2. The van der Waals surface area contributed by atoms with Crippen LogP contribution >= 0.6 is 0 Å². The second kappa shape index (κ2) is 10.1. The molecule has 35 heavy (non-hydrogen) atoms. The van der Waals surface area contributed by atoms with E-state index in [1.165, 1.54) is 38.9 Å². The number of aromatic nitrogens is 1. The normalized spacial score (nSPS) is 15.1. The number of nitrogens with one attached hydrogen (secondary N) is 2. The number of aryl methyl sites for hydroxylation is 1. The Morgan fingerprint density at radius 1 is 1.00 bits per heavy atom. The number of fused-ring (bicyclic) bond motifs is 1. The van der Waals surface area contributed by atoms with Crippen molar-refractivity contribution >= 4 is 22.5 Å². The molecule has 4 nitrogen and oxygen atoms in total. The maximum Gasteiger partial charge on any atom is 0.226 e. The van der Waals surface area contributed by atoms with Gasteiger partial charge in [-0.05, 0) is 79.7 Å². The Labute approximate surface area is 208 Å². The summed E-state index contributed by atoms with van der Waals surface area (Å²) in [4.78, 5) is 18.4. The molecule has 1 aliphatic rings. The summed E-state index contributed by atoms with van der Waals surface area (Å²) in [6, 6.07) is 25.8. The maximum absolute atomic E-state index is 12.1. The van der Waals surface area contributed by atoms with Crippen molar-refractivity contribution in [1.82, 2.24) is 9.88 Å². The molecule has 0 atom stereocenters. The van der Waals surface area contributed by atoms with Crippen LogP contribution in [0.3, 0.4) is 0 Å². The van der Waals surface area contributed by atoms with Gasteiger partial charge in [0.2, 0.25) is 5.91 Å². The fourth-order valence-electron chi connectivity index (χ4n) is 5.18. The lowest BCUT2D eigenvalue weighted by atomic mass is 9.89. The van der Waals surface area contributed by atoms with Gasteiger partial charge in [0.05, 0.1) is 5.69 Å². The third-order valence-electron chi connectivity index (χ3n) is 7.24. The number of carbonyl (C=O) groups is 1. The Morgan fingerprint density at radius 2 is 1.77 bits per heavy atom. The summed E-state index contributed by atoms with van der Waals surface area (Å²) in [6.07, 6.45) is 2.26. The molecule has 3 aromatic carbocycles. The summed E-state index contributed by atoms with van der Waals surface area (Å²) in [5.41, 5.74) is 8.62. The minimum Gasteiger partial charge on any atom is -0.354 e. The maximum atomic E-state index is 12.1. The first-order chi connectivity index (χ1) is 17.0. The van der Waals surface area contributed by atoms with E-state index in [0.29, 0.717) is 5.92 Å². The van der Waals surface area contributed by atoms with Gasteiger partial charge in [-0.15, -0.1) is 0 Å². The molecule has 0 aliphatic carbocycles. The van der Waals surface area contributed by atoms with Crippen LogP contribution in [0.5, 0.6) is 0 Å². The Hall–Kier alpha value is -3.37. The molecule has 2 heterocycles. The summed E-state index contributed by atoms with van der Waals surface area (Å²) < 4.78 is 0. The average molecular weight is 466 g/mol. The molecule has 4 heteroatoms. The summed E-state index contributed by atoms with van der Waals surface area (Å²) >= 11 is 0. The lowest BCUT2D eigenvalue weighted by Crippen LogP contribution is -2.32. The Kier molecular flexibility index (Phi) is 6.74. The van der Waals surface area contributed by atoms with E-state index in [9.17, 15) is 4.79 Å². The van der Waals surface area contributed by atoms with E-state index in [4.69, 9.17) is 0 Å². The van der Waals surface area contributed by atoms with Crippen LogP contribution in [-0.4, -0.2) is 28.9 Å². The van der Waals surface area contributed by atoms with Gasteiger partial charge in [0, 0.05) is 29.1 Å². The molecule has 1 fully saturated rings. The van der Waals surface area contributed by atoms with Crippen molar-refractivity contribution in [2.75, 3.05) is 18.4 Å². The van der Waals surface area contributed by atoms with Crippen molar-refractivity contribution in [3.63, 3.8) is 0 Å². The van der Waals surface area contributed by atoms with Gasteiger partial charge in [-0.25, -0.2) is 0 Å². The molecule has 0 bridgehead atoms. The van der Waals surface area contributed by atoms with Crippen LogP contribution in [-0.2, 0) is 11.3 Å². The summed E-state index contributed by atoms with van der Waals surface area (Å²) in [5.74, 6) is 0.581. The van der Waals surface area contributed by atoms with E-state index < -0.39 is 0 Å².